The van der Waals surface area contributed by atoms with Gasteiger partial charge < -0.3 is 20.3 Å². The highest BCUT2D eigenvalue weighted by Crippen LogP contribution is 2.09. The number of carbonyl (C=O) groups is 1. The van der Waals surface area contributed by atoms with Gasteiger partial charge in [-0.3, -0.25) is 0 Å². The summed E-state index contributed by atoms with van der Waals surface area (Å²) in [6.07, 6.45) is 3.26. The van der Waals surface area contributed by atoms with Gasteiger partial charge in [0.2, 0.25) is 0 Å². The molecule has 19 heavy (non-hydrogen) atoms. The number of hydrogen-bond acceptors (Lipinski definition) is 4. The smallest absolute Gasteiger partial charge is 0.410 e. The first-order valence-electron chi connectivity index (χ1n) is 7.27. The summed E-state index contributed by atoms with van der Waals surface area (Å²) in [6, 6.07) is 0.628. The fraction of sp³-hybridized carbons (Fsp3) is 0.929. The van der Waals surface area contributed by atoms with Crippen LogP contribution in [0.4, 0.5) is 4.79 Å². The second kappa shape index (κ2) is 7.70. The number of rotatable bonds is 6. The van der Waals surface area contributed by atoms with E-state index in [2.05, 4.69) is 10.6 Å². The maximum absolute atomic E-state index is 11.7. The zero-order valence-electron chi connectivity index (χ0n) is 12.8. The number of amides is 1. The molecule has 0 bridgehead atoms. The molecule has 1 aliphatic heterocycles. The second-order valence-electron chi connectivity index (χ2n) is 6.25. The predicted octanol–water partition coefficient (Wildman–Crippen LogP) is 1.58. The lowest BCUT2D eigenvalue weighted by molar-refractivity contribution is 0.0297. The van der Waals surface area contributed by atoms with Crippen LogP contribution in [-0.2, 0) is 4.74 Å². The molecule has 0 aromatic carbocycles. The Morgan fingerprint density at radius 3 is 2.79 bits per heavy atom. The first kappa shape index (κ1) is 16.2. The van der Waals surface area contributed by atoms with Crippen LogP contribution in [0.1, 0.15) is 40.0 Å². The van der Waals surface area contributed by atoms with Crippen molar-refractivity contribution in [2.45, 2.75) is 51.7 Å². The van der Waals surface area contributed by atoms with Crippen molar-refractivity contribution in [2.75, 3.05) is 33.2 Å². The summed E-state index contributed by atoms with van der Waals surface area (Å²) < 4.78 is 5.29. The molecule has 1 unspecified atom stereocenters. The number of hydrogen-bond donors (Lipinski definition) is 2. The molecule has 1 atom stereocenters. The van der Waals surface area contributed by atoms with Crippen LogP contribution in [0.2, 0.25) is 0 Å². The van der Waals surface area contributed by atoms with Gasteiger partial charge in [0.15, 0.2) is 0 Å². The van der Waals surface area contributed by atoms with Gasteiger partial charge in [0.05, 0.1) is 0 Å². The molecule has 0 aromatic heterocycles. The number of nitrogens with zero attached hydrogens (tertiary/aromatic N) is 1. The lowest BCUT2D eigenvalue weighted by Crippen LogP contribution is -2.37. The Bertz CT molecular complexity index is 270. The van der Waals surface area contributed by atoms with Crippen LogP contribution in [0.15, 0.2) is 0 Å². The Hall–Kier alpha value is -0.810. The van der Waals surface area contributed by atoms with Gasteiger partial charge in [-0.05, 0) is 53.1 Å². The summed E-state index contributed by atoms with van der Waals surface area (Å²) in [5, 5.41) is 6.88. The van der Waals surface area contributed by atoms with Crippen molar-refractivity contribution < 1.29 is 9.53 Å². The summed E-state index contributed by atoms with van der Waals surface area (Å²) >= 11 is 0. The highest BCUT2D eigenvalue weighted by Gasteiger charge is 2.19. The summed E-state index contributed by atoms with van der Waals surface area (Å²) in [5.41, 5.74) is -0.419. The van der Waals surface area contributed by atoms with E-state index in [4.69, 9.17) is 4.74 Å². The lowest BCUT2D eigenvalue weighted by atomic mass is 10.2. The van der Waals surface area contributed by atoms with Gasteiger partial charge in [0.1, 0.15) is 5.60 Å². The molecule has 1 amide bonds. The van der Waals surface area contributed by atoms with Crippen LogP contribution in [-0.4, -0.2) is 55.9 Å². The van der Waals surface area contributed by atoms with E-state index in [1.165, 1.54) is 12.8 Å². The summed E-state index contributed by atoms with van der Waals surface area (Å²) in [7, 11) is 1.78. The Kier molecular flexibility index (Phi) is 6.58. The molecular weight excluding hydrogens is 242 g/mol. The molecule has 1 fully saturated rings. The summed E-state index contributed by atoms with van der Waals surface area (Å²) in [6.45, 7) is 9.48. The topological polar surface area (TPSA) is 53.6 Å². The Morgan fingerprint density at radius 2 is 2.21 bits per heavy atom. The van der Waals surface area contributed by atoms with E-state index in [1.54, 1.807) is 11.9 Å². The van der Waals surface area contributed by atoms with Gasteiger partial charge in [-0.1, -0.05) is 0 Å². The second-order valence-corrected chi connectivity index (χ2v) is 6.25. The number of carbonyl (C=O) groups excluding carboxylic acids is 1. The van der Waals surface area contributed by atoms with Crippen molar-refractivity contribution in [1.29, 1.82) is 0 Å². The SMILES string of the molecule is CN(CCCNCC1CCCN1)C(=O)OC(C)(C)C. The largest absolute Gasteiger partial charge is 0.444 e. The predicted molar refractivity (Wildman–Crippen MR) is 77.4 cm³/mol. The minimum Gasteiger partial charge on any atom is -0.444 e. The van der Waals surface area contributed by atoms with E-state index in [0.717, 1.165) is 32.6 Å². The molecule has 5 heteroatoms. The molecule has 5 nitrogen and oxygen atoms in total. The Labute approximate surface area is 117 Å². The van der Waals surface area contributed by atoms with Gasteiger partial charge >= 0.3 is 6.09 Å². The first-order valence-corrected chi connectivity index (χ1v) is 7.27. The van der Waals surface area contributed by atoms with E-state index in [9.17, 15) is 4.79 Å². The molecule has 1 rings (SSSR count). The van der Waals surface area contributed by atoms with Gasteiger partial charge in [-0.15, -0.1) is 0 Å². The van der Waals surface area contributed by atoms with Crippen molar-refractivity contribution >= 4 is 6.09 Å². The molecule has 0 saturated carbocycles. The molecule has 0 aromatic rings. The zero-order chi connectivity index (χ0) is 14.3. The fourth-order valence-electron chi connectivity index (χ4n) is 2.08. The Balaban J connectivity index is 2.03. The molecule has 0 radical (unpaired) electrons. The highest BCUT2D eigenvalue weighted by molar-refractivity contribution is 5.67. The molecule has 112 valence electrons. The number of ether oxygens (including phenoxy) is 1. The molecule has 2 N–H and O–H groups in total. The van der Waals surface area contributed by atoms with Crippen LogP contribution in [0, 0.1) is 0 Å². The van der Waals surface area contributed by atoms with Crippen LogP contribution in [0.3, 0.4) is 0 Å². The average Bonchev–Trinajstić information content (AvgIpc) is 2.79. The third kappa shape index (κ3) is 7.38. The summed E-state index contributed by atoms with van der Waals surface area (Å²) in [5.74, 6) is 0. The van der Waals surface area contributed by atoms with Crippen LogP contribution in [0.5, 0.6) is 0 Å². The van der Waals surface area contributed by atoms with Crippen LogP contribution in [0.25, 0.3) is 0 Å². The lowest BCUT2D eigenvalue weighted by Gasteiger charge is -2.24. The van der Waals surface area contributed by atoms with Gasteiger partial charge in [-0.2, -0.15) is 0 Å². The third-order valence-electron chi connectivity index (χ3n) is 3.11. The van der Waals surface area contributed by atoms with Crippen molar-refractivity contribution in [3.05, 3.63) is 0 Å². The Morgan fingerprint density at radius 1 is 1.47 bits per heavy atom. The van der Waals surface area contributed by atoms with Crippen molar-refractivity contribution in [1.82, 2.24) is 15.5 Å². The van der Waals surface area contributed by atoms with Crippen LogP contribution < -0.4 is 10.6 Å². The van der Waals surface area contributed by atoms with E-state index in [1.807, 2.05) is 20.8 Å². The summed E-state index contributed by atoms with van der Waals surface area (Å²) in [4.78, 5) is 13.3. The average molecular weight is 271 g/mol. The molecule has 0 aliphatic carbocycles. The first-order chi connectivity index (χ1) is 8.88. The van der Waals surface area contributed by atoms with Gasteiger partial charge in [0, 0.05) is 26.2 Å². The molecule has 1 aliphatic rings. The molecule has 1 saturated heterocycles. The van der Waals surface area contributed by atoms with Gasteiger partial charge in [-0.25, -0.2) is 4.79 Å². The zero-order valence-corrected chi connectivity index (χ0v) is 12.8. The van der Waals surface area contributed by atoms with Crippen LogP contribution >= 0.6 is 0 Å². The fourth-order valence-corrected chi connectivity index (χ4v) is 2.08. The van der Waals surface area contributed by atoms with E-state index >= 15 is 0 Å². The quantitative estimate of drug-likeness (QED) is 0.720. The van der Waals surface area contributed by atoms with Gasteiger partial charge in [0.25, 0.3) is 0 Å². The minimum absolute atomic E-state index is 0.245. The molecular formula is C14H29N3O2. The third-order valence-corrected chi connectivity index (χ3v) is 3.11. The highest BCUT2D eigenvalue weighted by atomic mass is 16.6. The van der Waals surface area contributed by atoms with E-state index < -0.39 is 5.60 Å². The molecule has 1 heterocycles. The van der Waals surface area contributed by atoms with Crippen molar-refractivity contribution in [3.63, 3.8) is 0 Å². The molecule has 0 spiro atoms. The normalized spacial score (nSPS) is 19.5. The maximum Gasteiger partial charge on any atom is 0.410 e. The standard InChI is InChI=1S/C14H29N3O2/c1-14(2,3)19-13(18)17(4)10-6-8-15-11-12-7-5-9-16-12/h12,15-16H,5-11H2,1-4H3. The number of nitrogens with one attached hydrogen (secondary N) is 2. The van der Waals surface area contributed by atoms with E-state index in [-0.39, 0.29) is 6.09 Å². The van der Waals surface area contributed by atoms with E-state index in [0.29, 0.717) is 6.04 Å². The maximum atomic E-state index is 11.7. The minimum atomic E-state index is -0.419. The monoisotopic (exact) mass is 271 g/mol. The van der Waals surface area contributed by atoms with Crippen molar-refractivity contribution in [2.24, 2.45) is 0 Å². The van der Waals surface area contributed by atoms with Crippen molar-refractivity contribution in [3.8, 4) is 0 Å².